The molecule has 31 heavy (non-hydrogen) atoms. The molecule has 0 aliphatic carbocycles. The zero-order chi connectivity index (χ0) is 21.2. The highest BCUT2D eigenvalue weighted by atomic mass is 35.5. The molecule has 1 fully saturated rings. The lowest BCUT2D eigenvalue weighted by molar-refractivity contribution is -0.121. The summed E-state index contributed by atoms with van der Waals surface area (Å²) in [5.74, 6) is 0.719. The first-order valence-electron chi connectivity index (χ1n) is 10.5. The maximum Gasteiger partial charge on any atom is 0.213 e. The molecule has 4 aromatic rings. The number of hydrogen-bond donors (Lipinski definition) is 1. The number of hydrogen-bond acceptors (Lipinski definition) is 3. The van der Waals surface area contributed by atoms with Gasteiger partial charge < -0.3 is 10.2 Å². The third-order valence-electron chi connectivity index (χ3n) is 5.84. The van der Waals surface area contributed by atoms with Crippen molar-refractivity contribution in [1.29, 1.82) is 0 Å². The molecule has 0 radical (unpaired) electrons. The van der Waals surface area contributed by atoms with Crippen molar-refractivity contribution < 1.29 is 4.79 Å². The van der Waals surface area contributed by atoms with E-state index in [1.807, 2.05) is 59.5 Å². The monoisotopic (exact) mass is 430 g/mol. The number of fused-ring (bicyclic) bond motifs is 1. The Morgan fingerprint density at radius 2 is 1.87 bits per heavy atom. The first-order chi connectivity index (χ1) is 15.2. The van der Waals surface area contributed by atoms with E-state index in [9.17, 15) is 4.79 Å². The van der Waals surface area contributed by atoms with Gasteiger partial charge >= 0.3 is 0 Å². The van der Waals surface area contributed by atoms with E-state index in [2.05, 4.69) is 28.1 Å². The largest absolute Gasteiger partial charge is 0.338 e. The van der Waals surface area contributed by atoms with Gasteiger partial charge in [-0.25, -0.2) is 4.98 Å². The molecule has 1 aliphatic heterocycles. The Morgan fingerprint density at radius 3 is 2.68 bits per heavy atom. The number of aromatic nitrogens is 2. The van der Waals surface area contributed by atoms with Gasteiger partial charge in [-0.05, 0) is 67.3 Å². The molecule has 1 aliphatic rings. The summed E-state index contributed by atoms with van der Waals surface area (Å²) in [6.45, 7) is 0.809. The summed E-state index contributed by atoms with van der Waals surface area (Å²) >= 11 is 6.29. The molecule has 156 valence electrons. The molecule has 0 spiro atoms. The SMILES string of the molecule is O=CN1CCCCC1c1ccc2c(c1)nc(Nc1ccccc1)n2-c1cccc(Cl)c1. The first kappa shape index (κ1) is 19.6. The number of likely N-dealkylation sites (tertiary alicyclic amines) is 1. The fourth-order valence-corrected chi connectivity index (χ4v) is 4.54. The van der Waals surface area contributed by atoms with Crippen molar-refractivity contribution in [1.82, 2.24) is 14.5 Å². The van der Waals surface area contributed by atoms with Gasteiger partial charge in [-0.2, -0.15) is 0 Å². The number of carbonyl (C=O) groups is 1. The van der Waals surface area contributed by atoms with Crippen molar-refractivity contribution in [3.8, 4) is 5.69 Å². The van der Waals surface area contributed by atoms with Gasteiger partial charge in [-0.3, -0.25) is 9.36 Å². The third kappa shape index (κ3) is 3.89. The van der Waals surface area contributed by atoms with Gasteiger partial charge in [0.05, 0.1) is 22.8 Å². The minimum absolute atomic E-state index is 0.109. The Morgan fingerprint density at radius 1 is 1.00 bits per heavy atom. The maximum absolute atomic E-state index is 11.6. The number of amides is 1. The van der Waals surface area contributed by atoms with Gasteiger partial charge in [0.15, 0.2) is 0 Å². The van der Waals surface area contributed by atoms with Gasteiger partial charge in [0.1, 0.15) is 0 Å². The van der Waals surface area contributed by atoms with Crippen LogP contribution in [0.4, 0.5) is 11.6 Å². The van der Waals surface area contributed by atoms with Gasteiger partial charge in [-0.1, -0.05) is 41.9 Å². The molecule has 1 amide bonds. The highest BCUT2D eigenvalue weighted by Gasteiger charge is 2.24. The van der Waals surface area contributed by atoms with E-state index in [1.54, 1.807) is 0 Å². The molecule has 5 rings (SSSR count). The predicted octanol–water partition coefficient (Wildman–Crippen LogP) is 6.11. The number of nitrogens with zero attached hydrogens (tertiary/aromatic N) is 3. The molecule has 6 heteroatoms. The Balaban J connectivity index is 1.63. The van der Waals surface area contributed by atoms with E-state index in [0.717, 1.165) is 66.1 Å². The smallest absolute Gasteiger partial charge is 0.213 e. The minimum atomic E-state index is 0.109. The molecular formula is C25H23ClN4O. The lowest BCUT2D eigenvalue weighted by atomic mass is 9.95. The number of piperidine rings is 1. The predicted molar refractivity (Wildman–Crippen MR) is 125 cm³/mol. The van der Waals surface area contributed by atoms with Crippen LogP contribution < -0.4 is 5.32 Å². The Labute approximate surface area is 186 Å². The highest BCUT2D eigenvalue weighted by molar-refractivity contribution is 6.30. The van der Waals surface area contributed by atoms with Crippen molar-refractivity contribution in [2.75, 3.05) is 11.9 Å². The number of para-hydroxylation sites is 1. The molecular weight excluding hydrogens is 408 g/mol. The summed E-state index contributed by atoms with van der Waals surface area (Å²) in [6, 6.07) is 24.2. The van der Waals surface area contributed by atoms with Crippen LogP contribution in [0.3, 0.4) is 0 Å². The van der Waals surface area contributed by atoms with Crippen molar-refractivity contribution in [3.05, 3.63) is 83.4 Å². The highest BCUT2D eigenvalue weighted by Crippen LogP contribution is 2.34. The molecule has 0 saturated carbocycles. The quantitative estimate of drug-likeness (QED) is 0.389. The molecule has 2 heterocycles. The van der Waals surface area contributed by atoms with Crippen LogP contribution in [0.2, 0.25) is 5.02 Å². The lowest BCUT2D eigenvalue weighted by Crippen LogP contribution is -2.32. The van der Waals surface area contributed by atoms with Crippen molar-refractivity contribution >= 4 is 40.7 Å². The van der Waals surface area contributed by atoms with E-state index in [1.165, 1.54) is 0 Å². The van der Waals surface area contributed by atoms with Crippen LogP contribution in [0.15, 0.2) is 72.8 Å². The standard InChI is InChI=1S/C25H23ClN4O/c26-19-7-6-10-21(16-19)30-24-13-12-18(23-11-4-5-14-29(23)17-31)15-22(24)28-25(30)27-20-8-2-1-3-9-20/h1-3,6-10,12-13,15-17,23H,4-5,11,14H2,(H,27,28). The summed E-state index contributed by atoms with van der Waals surface area (Å²) < 4.78 is 2.08. The van der Waals surface area contributed by atoms with E-state index < -0.39 is 0 Å². The van der Waals surface area contributed by atoms with E-state index in [4.69, 9.17) is 16.6 Å². The van der Waals surface area contributed by atoms with Crippen molar-refractivity contribution in [2.24, 2.45) is 0 Å². The second kappa shape index (κ2) is 8.44. The third-order valence-corrected chi connectivity index (χ3v) is 6.07. The van der Waals surface area contributed by atoms with E-state index >= 15 is 0 Å². The van der Waals surface area contributed by atoms with Gasteiger partial charge in [0.25, 0.3) is 0 Å². The van der Waals surface area contributed by atoms with Crippen molar-refractivity contribution in [2.45, 2.75) is 25.3 Å². The molecule has 1 aromatic heterocycles. The Kier molecular flexibility index (Phi) is 5.35. The number of rotatable bonds is 5. The van der Waals surface area contributed by atoms with Gasteiger partial charge in [0, 0.05) is 17.3 Å². The minimum Gasteiger partial charge on any atom is -0.338 e. The summed E-state index contributed by atoms with van der Waals surface area (Å²) in [5, 5.41) is 4.11. The second-order valence-corrected chi connectivity index (χ2v) is 8.28. The number of nitrogens with one attached hydrogen (secondary N) is 1. The number of benzene rings is 3. The van der Waals surface area contributed by atoms with Crippen LogP contribution in [0.25, 0.3) is 16.7 Å². The number of imidazole rings is 1. The normalized spacial score (nSPS) is 16.4. The Hall–Kier alpha value is -3.31. The van der Waals surface area contributed by atoms with E-state index in [0.29, 0.717) is 5.02 Å². The zero-order valence-corrected chi connectivity index (χ0v) is 17.8. The van der Waals surface area contributed by atoms with Crippen LogP contribution in [-0.4, -0.2) is 27.4 Å². The maximum atomic E-state index is 11.6. The van der Waals surface area contributed by atoms with Crippen molar-refractivity contribution in [3.63, 3.8) is 0 Å². The van der Waals surface area contributed by atoms with Gasteiger partial charge in [-0.15, -0.1) is 0 Å². The summed E-state index contributed by atoms with van der Waals surface area (Å²) in [6.07, 6.45) is 4.15. The second-order valence-electron chi connectivity index (χ2n) is 7.84. The Bertz CT molecular complexity index is 1220. The molecule has 5 nitrogen and oxygen atoms in total. The fraction of sp³-hybridized carbons (Fsp3) is 0.200. The summed E-state index contributed by atoms with van der Waals surface area (Å²) in [5.41, 5.74) is 4.89. The zero-order valence-electron chi connectivity index (χ0n) is 17.0. The summed E-state index contributed by atoms with van der Waals surface area (Å²) in [7, 11) is 0. The molecule has 1 saturated heterocycles. The van der Waals surface area contributed by atoms with Crippen LogP contribution in [0.5, 0.6) is 0 Å². The summed E-state index contributed by atoms with van der Waals surface area (Å²) in [4.78, 5) is 18.4. The molecule has 1 atom stereocenters. The molecule has 1 N–H and O–H groups in total. The number of halogens is 1. The fourth-order valence-electron chi connectivity index (χ4n) is 4.35. The first-order valence-corrected chi connectivity index (χ1v) is 10.9. The lowest BCUT2D eigenvalue weighted by Gasteiger charge is -2.33. The number of carbonyl (C=O) groups excluding carboxylic acids is 1. The molecule has 0 bridgehead atoms. The topological polar surface area (TPSA) is 50.2 Å². The van der Waals surface area contributed by atoms with E-state index in [-0.39, 0.29) is 6.04 Å². The van der Waals surface area contributed by atoms with Crippen LogP contribution >= 0.6 is 11.6 Å². The molecule has 1 unspecified atom stereocenters. The average molecular weight is 431 g/mol. The van der Waals surface area contributed by atoms with Crippen LogP contribution in [0.1, 0.15) is 30.9 Å². The average Bonchev–Trinajstić information content (AvgIpc) is 3.16. The molecule has 3 aromatic carbocycles. The van der Waals surface area contributed by atoms with Gasteiger partial charge in [0.2, 0.25) is 12.4 Å². The number of anilines is 2. The van der Waals surface area contributed by atoms with Crippen LogP contribution in [-0.2, 0) is 4.79 Å². The van der Waals surface area contributed by atoms with Crippen LogP contribution in [0, 0.1) is 0 Å².